The molecule has 0 aliphatic heterocycles. The van der Waals surface area contributed by atoms with Gasteiger partial charge in [0, 0.05) is 11.6 Å². The first kappa shape index (κ1) is 14.4. The maximum Gasteiger partial charge on any atom is 0.221 e. The average Bonchev–Trinajstić information content (AvgIpc) is 2.13. The highest BCUT2D eigenvalue weighted by molar-refractivity contribution is 7.91. The predicted octanol–water partition coefficient (Wildman–Crippen LogP) is 0.442. The zero-order chi connectivity index (χ0) is 14.1. The predicted molar refractivity (Wildman–Crippen MR) is 61.2 cm³/mol. The fourth-order valence-electron chi connectivity index (χ4n) is 1.37. The maximum absolute atomic E-state index is 13.4. The highest BCUT2D eigenvalue weighted by atomic mass is 32.2. The van der Waals surface area contributed by atoms with E-state index in [4.69, 9.17) is 11.5 Å². The van der Waals surface area contributed by atoms with E-state index in [1.165, 1.54) is 6.92 Å². The minimum Gasteiger partial charge on any atom is -0.399 e. The van der Waals surface area contributed by atoms with Gasteiger partial charge in [0.05, 0.1) is 5.75 Å². The van der Waals surface area contributed by atoms with Crippen molar-refractivity contribution in [3.63, 3.8) is 0 Å². The van der Waals surface area contributed by atoms with Crippen molar-refractivity contribution >= 4 is 21.4 Å². The van der Waals surface area contributed by atoms with Gasteiger partial charge in [-0.05, 0) is 12.1 Å². The summed E-state index contributed by atoms with van der Waals surface area (Å²) in [5, 5.41) is 0. The van der Waals surface area contributed by atoms with Crippen molar-refractivity contribution in [2.75, 3.05) is 11.5 Å². The van der Waals surface area contributed by atoms with Gasteiger partial charge in [-0.25, -0.2) is 17.2 Å². The topological polar surface area (TPSA) is 103 Å². The highest BCUT2D eigenvalue weighted by Gasteiger charge is 2.28. The minimum absolute atomic E-state index is 0.230. The molecule has 1 aromatic rings. The summed E-state index contributed by atoms with van der Waals surface area (Å²) in [6.07, 6.45) is 0. The number of sulfone groups is 1. The molecule has 1 unspecified atom stereocenters. The van der Waals surface area contributed by atoms with Crippen LogP contribution in [-0.4, -0.2) is 20.1 Å². The Hall–Kier alpha value is -1.70. The summed E-state index contributed by atoms with van der Waals surface area (Å²) in [5.74, 6) is -5.25. The van der Waals surface area contributed by atoms with Gasteiger partial charge in [0.25, 0.3) is 0 Å². The van der Waals surface area contributed by atoms with Crippen LogP contribution in [0.15, 0.2) is 17.0 Å². The number of hydrogen-bond acceptors (Lipinski definition) is 4. The van der Waals surface area contributed by atoms with E-state index < -0.39 is 43.9 Å². The Bertz CT molecular complexity index is 564. The van der Waals surface area contributed by atoms with E-state index in [1.54, 1.807) is 0 Å². The molecule has 0 radical (unpaired) electrons. The summed E-state index contributed by atoms with van der Waals surface area (Å²) < 4.78 is 50.4. The van der Waals surface area contributed by atoms with Crippen LogP contribution in [0.1, 0.15) is 6.92 Å². The number of hydrogen-bond donors (Lipinski definition) is 2. The molecular weight excluding hydrogens is 266 g/mol. The van der Waals surface area contributed by atoms with Gasteiger partial charge >= 0.3 is 0 Å². The molecule has 0 aromatic heterocycles. The molecule has 1 amide bonds. The van der Waals surface area contributed by atoms with Gasteiger partial charge in [0.2, 0.25) is 5.91 Å². The first-order valence-corrected chi connectivity index (χ1v) is 6.57. The molecule has 8 heteroatoms. The molecule has 0 saturated heterocycles. The molecule has 0 spiro atoms. The number of rotatable bonds is 4. The lowest BCUT2D eigenvalue weighted by atomic mass is 10.2. The third-order valence-corrected chi connectivity index (χ3v) is 4.24. The Labute approximate surface area is 103 Å². The van der Waals surface area contributed by atoms with E-state index in [1.807, 2.05) is 0 Å². The number of nitrogen functional groups attached to an aromatic ring is 1. The number of anilines is 1. The summed E-state index contributed by atoms with van der Waals surface area (Å²) in [6.45, 7) is 1.26. The van der Waals surface area contributed by atoms with Crippen LogP contribution in [0.4, 0.5) is 14.5 Å². The van der Waals surface area contributed by atoms with Crippen LogP contribution in [0.5, 0.6) is 0 Å². The number of halogens is 2. The molecule has 0 aliphatic rings. The van der Waals surface area contributed by atoms with E-state index >= 15 is 0 Å². The molecule has 0 fully saturated rings. The number of nitrogens with two attached hydrogens (primary N) is 2. The van der Waals surface area contributed by atoms with Gasteiger partial charge in [-0.1, -0.05) is 6.92 Å². The van der Waals surface area contributed by atoms with Crippen molar-refractivity contribution in [2.24, 2.45) is 11.7 Å². The first-order chi connectivity index (χ1) is 8.15. The lowest BCUT2D eigenvalue weighted by Crippen LogP contribution is -2.28. The molecule has 100 valence electrons. The van der Waals surface area contributed by atoms with E-state index in [0.717, 1.165) is 0 Å². The van der Waals surface area contributed by atoms with Crippen molar-refractivity contribution in [3.05, 3.63) is 23.8 Å². The summed E-state index contributed by atoms with van der Waals surface area (Å²) in [6, 6.07) is 1.40. The largest absolute Gasteiger partial charge is 0.399 e. The van der Waals surface area contributed by atoms with Crippen LogP contribution >= 0.6 is 0 Å². The fourth-order valence-corrected chi connectivity index (χ4v) is 3.07. The highest BCUT2D eigenvalue weighted by Crippen LogP contribution is 2.24. The fraction of sp³-hybridized carbons (Fsp3) is 0.300. The van der Waals surface area contributed by atoms with E-state index in [9.17, 15) is 22.0 Å². The third kappa shape index (κ3) is 2.95. The minimum atomic E-state index is -4.29. The Morgan fingerprint density at radius 1 is 1.33 bits per heavy atom. The standard InChI is InChI=1S/C10H12F2N2O3S/c1-5(10(14)15)4-18(16,17)9-7(11)2-6(13)3-8(9)12/h2-3,5H,4,13H2,1H3,(H2,14,15). The van der Waals surface area contributed by atoms with Crippen LogP contribution in [0.2, 0.25) is 0 Å². The number of amides is 1. The molecular formula is C10H12F2N2O3S. The van der Waals surface area contributed by atoms with E-state index in [-0.39, 0.29) is 5.69 Å². The van der Waals surface area contributed by atoms with Crippen LogP contribution < -0.4 is 11.5 Å². The third-order valence-electron chi connectivity index (χ3n) is 2.29. The molecule has 1 aromatic carbocycles. The van der Waals surface area contributed by atoms with Crippen LogP contribution in [0.3, 0.4) is 0 Å². The second-order valence-corrected chi connectivity index (χ2v) is 5.87. The van der Waals surface area contributed by atoms with E-state index in [0.29, 0.717) is 12.1 Å². The molecule has 1 rings (SSSR count). The molecule has 1 atom stereocenters. The van der Waals surface area contributed by atoms with Crippen molar-refractivity contribution in [2.45, 2.75) is 11.8 Å². The second-order valence-electron chi connectivity index (χ2n) is 3.90. The number of primary amides is 1. The lowest BCUT2D eigenvalue weighted by Gasteiger charge is -2.10. The van der Waals surface area contributed by atoms with Crippen molar-refractivity contribution < 1.29 is 22.0 Å². The number of carbonyl (C=O) groups is 1. The molecule has 4 N–H and O–H groups in total. The van der Waals surface area contributed by atoms with E-state index in [2.05, 4.69) is 0 Å². The van der Waals surface area contributed by atoms with Gasteiger partial charge in [0.1, 0.15) is 16.5 Å². The molecule has 0 aliphatic carbocycles. The first-order valence-electron chi connectivity index (χ1n) is 4.91. The maximum atomic E-state index is 13.4. The summed E-state index contributed by atoms with van der Waals surface area (Å²) in [4.78, 5) is 9.69. The van der Waals surface area contributed by atoms with Gasteiger partial charge < -0.3 is 11.5 Å². The molecule has 0 bridgehead atoms. The molecule has 0 heterocycles. The summed E-state index contributed by atoms with van der Waals surface area (Å²) >= 11 is 0. The Kier molecular flexibility index (Phi) is 3.90. The zero-order valence-electron chi connectivity index (χ0n) is 9.48. The Morgan fingerprint density at radius 2 is 1.78 bits per heavy atom. The summed E-state index contributed by atoms with van der Waals surface area (Å²) in [7, 11) is -4.29. The van der Waals surface area contributed by atoms with Crippen molar-refractivity contribution in [1.82, 2.24) is 0 Å². The van der Waals surface area contributed by atoms with Crippen LogP contribution in [0, 0.1) is 17.6 Å². The van der Waals surface area contributed by atoms with Gasteiger partial charge in [0.15, 0.2) is 9.84 Å². The van der Waals surface area contributed by atoms with Crippen molar-refractivity contribution in [3.8, 4) is 0 Å². The lowest BCUT2D eigenvalue weighted by molar-refractivity contribution is -0.120. The molecule has 5 nitrogen and oxygen atoms in total. The summed E-state index contributed by atoms with van der Waals surface area (Å²) in [5.41, 5.74) is 9.85. The average molecular weight is 278 g/mol. The Balaban J connectivity index is 3.25. The SMILES string of the molecule is CC(CS(=O)(=O)c1c(F)cc(N)cc1F)C(N)=O. The van der Waals surface area contributed by atoms with Gasteiger partial charge in [-0.3, -0.25) is 4.79 Å². The second kappa shape index (κ2) is 4.89. The van der Waals surface area contributed by atoms with Crippen LogP contribution in [-0.2, 0) is 14.6 Å². The Morgan fingerprint density at radius 3 is 2.17 bits per heavy atom. The number of carbonyl (C=O) groups excluding carboxylic acids is 1. The monoisotopic (exact) mass is 278 g/mol. The van der Waals surface area contributed by atoms with Gasteiger partial charge in [-0.2, -0.15) is 0 Å². The number of benzene rings is 1. The van der Waals surface area contributed by atoms with Gasteiger partial charge in [-0.15, -0.1) is 0 Å². The molecule has 0 saturated carbocycles. The smallest absolute Gasteiger partial charge is 0.221 e. The molecule has 18 heavy (non-hydrogen) atoms. The normalized spacial score (nSPS) is 13.3. The quantitative estimate of drug-likeness (QED) is 0.780. The zero-order valence-corrected chi connectivity index (χ0v) is 10.3. The van der Waals surface area contributed by atoms with Crippen molar-refractivity contribution in [1.29, 1.82) is 0 Å². The van der Waals surface area contributed by atoms with Crippen LogP contribution in [0.25, 0.3) is 0 Å².